The molecule has 0 bridgehead atoms. The van der Waals surface area contributed by atoms with Crippen LogP contribution in [0.15, 0.2) is 79.4 Å². The zero-order chi connectivity index (χ0) is 15.9. The summed E-state index contributed by atoms with van der Waals surface area (Å²) in [4.78, 5) is 0. The van der Waals surface area contributed by atoms with Crippen LogP contribution >= 0.6 is 0 Å². The van der Waals surface area contributed by atoms with Crippen molar-refractivity contribution >= 4 is 18.2 Å². The van der Waals surface area contributed by atoms with Crippen LogP contribution < -0.4 is 5.46 Å². The molecule has 0 radical (unpaired) electrons. The van der Waals surface area contributed by atoms with E-state index in [1.165, 1.54) is 0 Å². The molecule has 2 rings (SSSR count). The molecule has 0 unspecified atom stereocenters. The average molecular weight is 290 g/mol. The molecule has 22 heavy (non-hydrogen) atoms. The molecular formula is C19H19BO2. The first-order chi connectivity index (χ1) is 10.7. The van der Waals surface area contributed by atoms with Gasteiger partial charge in [-0.05, 0) is 40.7 Å². The van der Waals surface area contributed by atoms with E-state index in [-0.39, 0.29) is 0 Å². The molecule has 0 saturated heterocycles. The van der Waals surface area contributed by atoms with Crippen LogP contribution in [0.5, 0.6) is 0 Å². The fraction of sp³-hybridized carbons (Fsp3) is 0.0526. The predicted octanol–water partition coefficient (Wildman–Crippen LogP) is 3.18. The predicted molar refractivity (Wildman–Crippen MR) is 94.7 cm³/mol. The third-order valence-electron chi connectivity index (χ3n) is 3.42. The lowest BCUT2D eigenvalue weighted by molar-refractivity contribution is 0.426. The van der Waals surface area contributed by atoms with Crippen LogP contribution in [0.25, 0.3) is 16.7 Å². The van der Waals surface area contributed by atoms with E-state index in [1.54, 1.807) is 18.2 Å². The van der Waals surface area contributed by atoms with Gasteiger partial charge in [-0.2, -0.15) is 0 Å². The second-order valence-corrected chi connectivity index (χ2v) is 4.92. The second-order valence-electron chi connectivity index (χ2n) is 4.92. The Morgan fingerprint density at radius 2 is 1.77 bits per heavy atom. The highest BCUT2D eigenvalue weighted by Crippen LogP contribution is 2.24. The number of benzene rings is 2. The van der Waals surface area contributed by atoms with E-state index >= 15 is 0 Å². The van der Waals surface area contributed by atoms with Gasteiger partial charge in [-0.1, -0.05) is 73.3 Å². The molecule has 0 amide bonds. The summed E-state index contributed by atoms with van der Waals surface area (Å²) in [6, 6.07) is 15.5. The Morgan fingerprint density at radius 3 is 2.36 bits per heavy atom. The highest BCUT2D eigenvalue weighted by molar-refractivity contribution is 6.58. The van der Waals surface area contributed by atoms with Gasteiger partial charge in [0.25, 0.3) is 0 Å². The normalized spacial score (nSPS) is 11.7. The lowest BCUT2D eigenvalue weighted by atomic mass is 9.77. The Balaban J connectivity index is 2.57. The largest absolute Gasteiger partial charge is 0.488 e. The van der Waals surface area contributed by atoms with Crippen molar-refractivity contribution in [2.45, 2.75) is 6.92 Å². The molecule has 2 N–H and O–H groups in total. The topological polar surface area (TPSA) is 40.5 Å². The summed E-state index contributed by atoms with van der Waals surface area (Å²) in [6.45, 7) is 5.63. The minimum atomic E-state index is -1.50. The number of hydrogen-bond donors (Lipinski definition) is 2. The van der Waals surface area contributed by atoms with Crippen molar-refractivity contribution in [1.29, 1.82) is 0 Å². The summed E-state index contributed by atoms with van der Waals surface area (Å²) in [5.74, 6) is 0. The van der Waals surface area contributed by atoms with Crippen molar-refractivity contribution in [3.8, 4) is 11.1 Å². The second kappa shape index (κ2) is 7.60. The van der Waals surface area contributed by atoms with Crippen LogP contribution in [-0.2, 0) is 0 Å². The van der Waals surface area contributed by atoms with E-state index in [1.807, 2.05) is 61.5 Å². The van der Waals surface area contributed by atoms with Gasteiger partial charge in [-0.3, -0.25) is 0 Å². The molecule has 0 aromatic heterocycles. The van der Waals surface area contributed by atoms with Gasteiger partial charge in [0.2, 0.25) is 0 Å². The summed E-state index contributed by atoms with van der Waals surface area (Å²) in [6.07, 6.45) is 7.51. The fourth-order valence-corrected chi connectivity index (χ4v) is 2.30. The van der Waals surface area contributed by atoms with Crippen molar-refractivity contribution in [2.75, 3.05) is 0 Å². The van der Waals surface area contributed by atoms with Crippen LogP contribution in [0.2, 0.25) is 0 Å². The quantitative estimate of drug-likeness (QED) is 0.656. The maximum absolute atomic E-state index is 9.55. The summed E-state index contributed by atoms with van der Waals surface area (Å²) < 4.78 is 0. The number of hydrogen-bond acceptors (Lipinski definition) is 2. The summed E-state index contributed by atoms with van der Waals surface area (Å²) in [7, 11) is -1.50. The third kappa shape index (κ3) is 3.85. The van der Waals surface area contributed by atoms with Gasteiger partial charge in [-0.15, -0.1) is 0 Å². The van der Waals surface area contributed by atoms with Crippen molar-refractivity contribution < 1.29 is 10.0 Å². The molecule has 2 aromatic carbocycles. The van der Waals surface area contributed by atoms with Gasteiger partial charge in [0.05, 0.1) is 0 Å². The molecule has 2 nitrogen and oxygen atoms in total. The average Bonchev–Trinajstić information content (AvgIpc) is 2.56. The van der Waals surface area contributed by atoms with Gasteiger partial charge in [0.15, 0.2) is 0 Å². The van der Waals surface area contributed by atoms with E-state index in [9.17, 15) is 10.0 Å². The Hall–Kier alpha value is -2.36. The maximum Gasteiger partial charge on any atom is 0.488 e. The Morgan fingerprint density at radius 1 is 1.05 bits per heavy atom. The van der Waals surface area contributed by atoms with E-state index in [2.05, 4.69) is 6.58 Å². The van der Waals surface area contributed by atoms with Crippen LogP contribution in [-0.4, -0.2) is 17.2 Å². The first kappa shape index (κ1) is 16.0. The molecule has 0 aliphatic carbocycles. The lowest BCUT2D eigenvalue weighted by Gasteiger charge is -2.11. The molecule has 0 atom stereocenters. The van der Waals surface area contributed by atoms with Gasteiger partial charge < -0.3 is 10.0 Å². The number of allylic oxidation sites excluding steroid dienone is 5. The Bertz CT molecular complexity index is 701. The molecule has 0 aliphatic heterocycles. The molecule has 0 aliphatic rings. The molecule has 0 fully saturated rings. The first-order valence-electron chi connectivity index (χ1n) is 7.18. The SMILES string of the molecule is C=C/C=C\C(=C/C)c1cc(B(O)O)cc(-c2ccccc2)c1. The van der Waals surface area contributed by atoms with Crippen LogP contribution in [0.1, 0.15) is 12.5 Å². The standard InChI is InChI=1S/C19H19BO2/c1-3-5-9-15(4-2)17-12-18(14-19(13-17)20(21)22)16-10-7-6-8-11-16/h3-14,21-22H,1H2,2H3/b9-5-,15-4+. The number of rotatable bonds is 5. The summed E-state index contributed by atoms with van der Waals surface area (Å²) >= 11 is 0. The minimum absolute atomic E-state index is 0.475. The lowest BCUT2D eigenvalue weighted by Crippen LogP contribution is -2.30. The fourth-order valence-electron chi connectivity index (χ4n) is 2.30. The summed E-state index contributed by atoms with van der Waals surface area (Å²) in [5.41, 5.74) is 4.40. The first-order valence-corrected chi connectivity index (χ1v) is 7.18. The molecule has 0 saturated carbocycles. The van der Waals surface area contributed by atoms with Gasteiger partial charge in [0.1, 0.15) is 0 Å². The Kier molecular flexibility index (Phi) is 5.53. The van der Waals surface area contributed by atoms with Gasteiger partial charge in [0, 0.05) is 0 Å². The third-order valence-corrected chi connectivity index (χ3v) is 3.42. The van der Waals surface area contributed by atoms with Crippen LogP contribution in [0.4, 0.5) is 0 Å². The van der Waals surface area contributed by atoms with E-state index < -0.39 is 7.12 Å². The molecule has 110 valence electrons. The van der Waals surface area contributed by atoms with Crippen LogP contribution in [0.3, 0.4) is 0 Å². The van der Waals surface area contributed by atoms with E-state index in [0.29, 0.717) is 5.46 Å². The molecule has 0 spiro atoms. The minimum Gasteiger partial charge on any atom is -0.423 e. The van der Waals surface area contributed by atoms with Crippen LogP contribution in [0, 0.1) is 0 Å². The van der Waals surface area contributed by atoms with E-state index in [0.717, 1.165) is 22.3 Å². The molecule has 0 heterocycles. The van der Waals surface area contributed by atoms with Crippen molar-refractivity contribution in [1.82, 2.24) is 0 Å². The molecule has 2 aromatic rings. The zero-order valence-electron chi connectivity index (χ0n) is 12.6. The van der Waals surface area contributed by atoms with Gasteiger partial charge >= 0.3 is 7.12 Å². The highest BCUT2D eigenvalue weighted by atomic mass is 16.4. The summed E-state index contributed by atoms with van der Waals surface area (Å²) in [5, 5.41) is 19.1. The zero-order valence-corrected chi connectivity index (χ0v) is 12.6. The maximum atomic E-state index is 9.55. The van der Waals surface area contributed by atoms with Crippen molar-refractivity contribution in [3.63, 3.8) is 0 Å². The monoisotopic (exact) mass is 290 g/mol. The highest BCUT2D eigenvalue weighted by Gasteiger charge is 2.14. The van der Waals surface area contributed by atoms with Crippen molar-refractivity contribution in [2.24, 2.45) is 0 Å². The van der Waals surface area contributed by atoms with Gasteiger partial charge in [-0.25, -0.2) is 0 Å². The molecule has 3 heteroatoms. The van der Waals surface area contributed by atoms with E-state index in [4.69, 9.17) is 0 Å². The molecular weight excluding hydrogens is 271 g/mol. The Labute approximate surface area is 131 Å². The smallest absolute Gasteiger partial charge is 0.423 e. The van der Waals surface area contributed by atoms with Crippen molar-refractivity contribution in [3.05, 3.63) is 85.0 Å².